The van der Waals surface area contributed by atoms with Crippen LogP contribution in [0.4, 0.5) is 10.1 Å². The van der Waals surface area contributed by atoms with E-state index in [1.54, 1.807) is 24.3 Å². The van der Waals surface area contributed by atoms with E-state index in [4.69, 9.17) is 27.9 Å². The minimum atomic E-state index is -0.361. The second-order valence-corrected chi connectivity index (χ2v) is 5.78. The molecule has 22 heavy (non-hydrogen) atoms. The first-order valence-corrected chi connectivity index (χ1v) is 7.47. The van der Waals surface area contributed by atoms with E-state index in [1.165, 1.54) is 17.0 Å². The number of rotatable bonds is 3. The molecule has 0 saturated carbocycles. The fourth-order valence-corrected chi connectivity index (χ4v) is 2.88. The lowest BCUT2D eigenvalue weighted by atomic mass is 10.2. The molecular weight excluding hydrogens is 328 g/mol. The van der Waals surface area contributed by atoms with Crippen LogP contribution in [0.5, 0.6) is 5.75 Å². The van der Waals surface area contributed by atoms with Crippen molar-refractivity contribution >= 4 is 34.8 Å². The third-order valence-electron chi connectivity index (χ3n) is 3.49. The molecular formula is C16H12Cl2FNO2. The summed E-state index contributed by atoms with van der Waals surface area (Å²) in [6, 6.07) is 9.26. The lowest BCUT2D eigenvalue weighted by molar-refractivity contribution is -0.120. The van der Waals surface area contributed by atoms with Crippen LogP contribution in [0, 0.1) is 5.82 Å². The molecule has 0 unspecified atom stereocenters. The zero-order valence-corrected chi connectivity index (χ0v) is 13.0. The van der Waals surface area contributed by atoms with Crippen molar-refractivity contribution in [3.63, 3.8) is 0 Å². The van der Waals surface area contributed by atoms with Crippen LogP contribution in [0.2, 0.25) is 10.0 Å². The molecule has 2 aromatic rings. The van der Waals surface area contributed by atoms with Crippen LogP contribution < -0.4 is 9.64 Å². The molecule has 0 N–H and O–H groups in total. The molecule has 0 aliphatic carbocycles. The van der Waals surface area contributed by atoms with E-state index in [1.807, 2.05) is 0 Å². The SMILES string of the molecule is O=C(COc1ccc(Cl)cc1Cl)N1CCc2ccc(F)cc21. The van der Waals surface area contributed by atoms with Crippen molar-refractivity contribution in [3.8, 4) is 5.75 Å². The van der Waals surface area contributed by atoms with Gasteiger partial charge in [-0.25, -0.2) is 4.39 Å². The van der Waals surface area contributed by atoms with Crippen LogP contribution in [-0.2, 0) is 11.2 Å². The molecule has 0 spiro atoms. The van der Waals surface area contributed by atoms with Gasteiger partial charge in [0.25, 0.3) is 5.91 Å². The highest BCUT2D eigenvalue weighted by Gasteiger charge is 2.25. The van der Waals surface area contributed by atoms with Crippen LogP contribution in [-0.4, -0.2) is 19.1 Å². The first-order valence-electron chi connectivity index (χ1n) is 6.71. The van der Waals surface area contributed by atoms with Crippen molar-refractivity contribution in [1.29, 1.82) is 0 Å². The van der Waals surface area contributed by atoms with Crippen LogP contribution in [0.25, 0.3) is 0 Å². The maximum atomic E-state index is 13.3. The van der Waals surface area contributed by atoms with Crippen LogP contribution in [0.3, 0.4) is 0 Å². The summed E-state index contributed by atoms with van der Waals surface area (Å²) in [5.41, 5.74) is 1.56. The summed E-state index contributed by atoms with van der Waals surface area (Å²) < 4.78 is 18.8. The summed E-state index contributed by atoms with van der Waals surface area (Å²) in [6.45, 7) is 0.354. The fraction of sp³-hybridized carbons (Fsp3) is 0.188. The molecule has 1 aliphatic heterocycles. The summed E-state index contributed by atoms with van der Waals surface area (Å²) in [7, 11) is 0. The van der Waals surface area contributed by atoms with Crippen molar-refractivity contribution < 1.29 is 13.9 Å². The van der Waals surface area contributed by atoms with Crippen molar-refractivity contribution in [2.75, 3.05) is 18.1 Å². The number of benzene rings is 2. The zero-order chi connectivity index (χ0) is 15.7. The predicted molar refractivity (Wildman–Crippen MR) is 84.4 cm³/mol. The van der Waals surface area contributed by atoms with Gasteiger partial charge in [-0.05, 0) is 42.3 Å². The maximum Gasteiger partial charge on any atom is 0.264 e. The van der Waals surface area contributed by atoms with Crippen LogP contribution in [0.15, 0.2) is 36.4 Å². The third-order valence-corrected chi connectivity index (χ3v) is 4.02. The highest BCUT2D eigenvalue weighted by molar-refractivity contribution is 6.35. The van der Waals surface area contributed by atoms with Gasteiger partial charge in [0.05, 0.1) is 5.02 Å². The number of anilines is 1. The van der Waals surface area contributed by atoms with E-state index in [2.05, 4.69) is 0 Å². The molecule has 0 fully saturated rings. The lowest BCUT2D eigenvalue weighted by Crippen LogP contribution is -2.33. The molecule has 1 aliphatic rings. The minimum absolute atomic E-state index is 0.169. The van der Waals surface area contributed by atoms with Gasteiger partial charge in [-0.3, -0.25) is 4.79 Å². The average molecular weight is 340 g/mol. The first-order chi connectivity index (χ1) is 10.5. The number of ether oxygens (including phenoxy) is 1. The molecule has 0 saturated heterocycles. The molecule has 1 heterocycles. The number of hydrogen-bond acceptors (Lipinski definition) is 2. The average Bonchev–Trinajstić information content (AvgIpc) is 2.89. The Balaban J connectivity index is 1.70. The normalized spacial score (nSPS) is 13.1. The van der Waals surface area contributed by atoms with Crippen LogP contribution in [0.1, 0.15) is 5.56 Å². The second-order valence-electron chi connectivity index (χ2n) is 4.93. The Kier molecular flexibility index (Phi) is 4.23. The van der Waals surface area contributed by atoms with Crippen molar-refractivity contribution in [1.82, 2.24) is 0 Å². The Morgan fingerprint density at radius 3 is 2.82 bits per heavy atom. The van der Waals surface area contributed by atoms with Crippen molar-refractivity contribution in [2.45, 2.75) is 6.42 Å². The lowest BCUT2D eigenvalue weighted by Gasteiger charge is -2.18. The number of nitrogens with zero attached hydrogens (tertiary/aromatic N) is 1. The smallest absolute Gasteiger partial charge is 0.264 e. The van der Waals surface area contributed by atoms with Gasteiger partial charge in [-0.1, -0.05) is 29.3 Å². The Labute approximate surface area is 137 Å². The van der Waals surface area contributed by atoms with Gasteiger partial charge < -0.3 is 9.64 Å². The van der Waals surface area contributed by atoms with E-state index in [0.717, 1.165) is 5.56 Å². The Morgan fingerprint density at radius 2 is 2.05 bits per heavy atom. The topological polar surface area (TPSA) is 29.5 Å². The highest BCUT2D eigenvalue weighted by atomic mass is 35.5. The standard InChI is InChI=1S/C16H12Cl2FNO2/c17-11-2-4-15(13(18)7-11)22-9-16(21)20-6-5-10-1-3-12(19)8-14(10)20/h1-4,7-8H,5-6,9H2. The number of fused-ring (bicyclic) bond motifs is 1. The second kappa shape index (κ2) is 6.15. The molecule has 0 radical (unpaired) electrons. The molecule has 2 aromatic carbocycles. The van der Waals surface area contributed by atoms with E-state index < -0.39 is 0 Å². The van der Waals surface area contributed by atoms with Gasteiger partial charge >= 0.3 is 0 Å². The minimum Gasteiger partial charge on any atom is -0.482 e. The highest BCUT2D eigenvalue weighted by Crippen LogP contribution is 2.30. The number of carbonyl (C=O) groups excluding carboxylic acids is 1. The molecule has 0 bridgehead atoms. The largest absolute Gasteiger partial charge is 0.482 e. The number of halogens is 3. The van der Waals surface area contributed by atoms with Gasteiger partial charge in [0.15, 0.2) is 6.61 Å². The zero-order valence-electron chi connectivity index (χ0n) is 11.5. The summed E-state index contributed by atoms with van der Waals surface area (Å²) in [5, 5.41) is 0.834. The Morgan fingerprint density at radius 1 is 1.23 bits per heavy atom. The van der Waals surface area contributed by atoms with E-state index >= 15 is 0 Å². The van der Waals surface area contributed by atoms with Crippen molar-refractivity contribution in [2.24, 2.45) is 0 Å². The van der Waals surface area contributed by atoms with Gasteiger partial charge in [-0.15, -0.1) is 0 Å². The summed E-state index contributed by atoms with van der Waals surface area (Å²) in [6.07, 6.45) is 0.711. The fourth-order valence-electron chi connectivity index (χ4n) is 2.42. The molecule has 1 amide bonds. The van der Waals surface area contributed by atoms with E-state index in [0.29, 0.717) is 34.4 Å². The third kappa shape index (κ3) is 3.03. The van der Waals surface area contributed by atoms with Gasteiger partial charge in [0, 0.05) is 17.3 Å². The van der Waals surface area contributed by atoms with E-state index in [-0.39, 0.29) is 18.3 Å². The number of carbonyl (C=O) groups is 1. The summed E-state index contributed by atoms with van der Waals surface area (Å²) >= 11 is 11.8. The molecule has 114 valence electrons. The molecule has 3 rings (SSSR count). The van der Waals surface area contributed by atoms with E-state index in [9.17, 15) is 9.18 Å². The molecule has 3 nitrogen and oxygen atoms in total. The number of amides is 1. The Hall–Kier alpha value is -1.78. The summed E-state index contributed by atoms with van der Waals surface area (Å²) in [5.74, 6) is -0.214. The van der Waals surface area contributed by atoms with Crippen molar-refractivity contribution in [3.05, 3.63) is 57.8 Å². The first kappa shape index (κ1) is 15.1. The number of hydrogen-bond donors (Lipinski definition) is 0. The molecule has 6 heteroatoms. The maximum absolute atomic E-state index is 13.3. The van der Waals surface area contributed by atoms with Gasteiger partial charge in [0.1, 0.15) is 11.6 Å². The summed E-state index contributed by atoms with van der Waals surface area (Å²) in [4.78, 5) is 13.8. The molecule has 0 aromatic heterocycles. The monoisotopic (exact) mass is 339 g/mol. The Bertz CT molecular complexity index is 736. The quantitative estimate of drug-likeness (QED) is 0.842. The van der Waals surface area contributed by atoms with Gasteiger partial charge in [-0.2, -0.15) is 0 Å². The van der Waals surface area contributed by atoms with Gasteiger partial charge in [0.2, 0.25) is 0 Å². The molecule has 0 atom stereocenters. The predicted octanol–water partition coefficient (Wildman–Crippen LogP) is 4.10. The van der Waals surface area contributed by atoms with Crippen LogP contribution >= 0.6 is 23.2 Å².